The first-order valence-corrected chi connectivity index (χ1v) is 5.74. The molecular formula is C11H15LiO6. The molecule has 0 aromatic rings. The van der Waals surface area contributed by atoms with Crippen LogP contribution in [0.25, 0.3) is 0 Å². The first kappa shape index (κ1) is 14.3. The Bertz CT molecular complexity index is 346. The molecule has 3 rings (SSSR count). The van der Waals surface area contributed by atoms with Crippen LogP contribution in [0.5, 0.6) is 0 Å². The Kier molecular flexibility index (Phi) is 3.81. The van der Waals surface area contributed by atoms with Crippen LogP contribution >= 0.6 is 0 Å². The zero-order valence-corrected chi connectivity index (χ0v) is 10.8. The van der Waals surface area contributed by atoms with Crippen LogP contribution in [-0.2, 0) is 23.7 Å². The van der Waals surface area contributed by atoms with Crippen molar-refractivity contribution in [2.45, 2.75) is 44.6 Å². The molecule has 0 aliphatic carbocycles. The number of epoxide rings is 1. The summed E-state index contributed by atoms with van der Waals surface area (Å²) in [6, 6.07) is 0. The Labute approximate surface area is 117 Å². The number of aliphatic carboxylic acids is 1. The second-order valence-corrected chi connectivity index (χ2v) is 5.39. The number of rotatable bonds is 4. The van der Waals surface area contributed by atoms with Crippen molar-refractivity contribution in [2.75, 3.05) is 13.2 Å². The minimum Gasteiger partial charge on any atom is -0.549 e. The maximum atomic E-state index is 10.9. The van der Waals surface area contributed by atoms with E-state index < -0.39 is 17.7 Å². The molecule has 3 saturated heterocycles. The molecule has 0 spiro atoms. The molecule has 0 aromatic carbocycles. The Hall–Kier alpha value is -0.0926. The number of hydrogen-bond donors (Lipinski definition) is 0. The van der Waals surface area contributed by atoms with E-state index in [4.69, 9.17) is 18.9 Å². The molecule has 6 nitrogen and oxygen atoms in total. The van der Waals surface area contributed by atoms with Crippen molar-refractivity contribution >= 4 is 5.97 Å². The van der Waals surface area contributed by atoms with Gasteiger partial charge in [0.15, 0.2) is 6.29 Å². The van der Waals surface area contributed by atoms with Gasteiger partial charge in [-0.25, -0.2) is 0 Å². The van der Waals surface area contributed by atoms with Crippen molar-refractivity contribution in [3.05, 3.63) is 0 Å². The summed E-state index contributed by atoms with van der Waals surface area (Å²) in [6.07, 6.45) is -0.721. The molecule has 3 aliphatic rings. The van der Waals surface area contributed by atoms with Crippen LogP contribution in [0.4, 0.5) is 0 Å². The summed E-state index contributed by atoms with van der Waals surface area (Å²) in [4.78, 5) is 10.9. The Morgan fingerprint density at radius 3 is 2.78 bits per heavy atom. The Morgan fingerprint density at radius 1 is 1.39 bits per heavy atom. The van der Waals surface area contributed by atoms with Crippen LogP contribution < -0.4 is 24.0 Å². The average Bonchev–Trinajstić information content (AvgIpc) is 2.93. The summed E-state index contributed by atoms with van der Waals surface area (Å²) in [5.74, 6) is -1.13. The van der Waals surface area contributed by atoms with E-state index in [2.05, 4.69) is 0 Å². The third-order valence-electron chi connectivity index (χ3n) is 3.44. The van der Waals surface area contributed by atoms with Gasteiger partial charge in [0.1, 0.15) is 24.4 Å². The molecule has 0 aromatic heterocycles. The molecule has 0 amide bonds. The van der Waals surface area contributed by atoms with Gasteiger partial charge in [-0.1, -0.05) is 13.8 Å². The van der Waals surface area contributed by atoms with E-state index in [1.807, 2.05) is 0 Å². The van der Waals surface area contributed by atoms with Gasteiger partial charge < -0.3 is 28.8 Å². The largest absolute Gasteiger partial charge is 1.00 e. The summed E-state index contributed by atoms with van der Waals surface area (Å²) in [5, 5.41) is 10.9. The van der Waals surface area contributed by atoms with Crippen LogP contribution in [0.3, 0.4) is 0 Å². The monoisotopic (exact) mass is 250 g/mol. The summed E-state index contributed by atoms with van der Waals surface area (Å²) < 4.78 is 22.0. The first-order valence-electron chi connectivity index (χ1n) is 5.74. The minimum absolute atomic E-state index is 0. The molecule has 18 heavy (non-hydrogen) atoms. The minimum atomic E-state index is -1.13. The maximum Gasteiger partial charge on any atom is 1.00 e. The zero-order chi connectivity index (χ0) is 12.2. The molecule has 7 heteroatoms. The molecule has 3 aliphatic heterocycles. The standard InChI is InChI=1S/C11H16O6.Li/c1-11(2,10(12)13)4-15-8-7-6(17-7)5-3-14-9(8)16-5;/h5-9H,3-4H2,1-2H3,(H,12,13);/q;+1/p-1/t5-,6+,7+,8-,9-;/m1./s1. The van der Waals surface area contributed by atoms with Gasteiger partial charge in [-0.15, -0.1) is 0 Å². The van der Waals surface area contributed by atoms with Crippen molar-refractivity contribution < 1.29 is 47.7 Å². The van der Waals surface area contributed by atoms with Gasteiger partial charge in [0.2, 0.25) is 0 Å². The fraction of sp³-hybridized carbons (Fsp3) is 0.909. The predicted octanol–water partition coefficient (Wildman–Crippen LogP) is -4.33. The quantitative estimate of drug-likeness (QED) is 0.371. The van der Waals surface area contributed by atoms with Crippen LogP contribution in [0.2, 0.25) is 0 Å². The molecule has 3 fully saturated rings. The van der Waals surface area contributed by atoms with Crippen LogP contribution in [0, 0.1) is 5.41 Å². The second kappa shape index (κ2) is 4.78. The van der Waals surface area contributed by atoms with E-state index in [1.54, 1.807) is 13.8 Å². The fourth-order valence-corrected chi connectivity index (χ4v) is 2.18. The van der Waals surface area contributed by atoms with E-state index in [0.717, 1.165) is 0 Å². The van der Waals surface area contributed by atoms with E-state index in [1.165, 1.54) is 0 Å². The number of carbonyl (C=O) groups is 1. The topological polar surface area (TPSA) is 80.3 Å². The second-order valence-electron chi connectivity index (χ2n) is 5.39. The number of carboxylic acids is 1. The van der Waals surface area contributed by atoms with Crippen LogP contribution in [0.1, 0.15) is 13.8 Å². The smallest absolute Gasteiger partial charge is 0.549 e. The summed E-state index contributed by atoms with van der Waals surface area (Å²) >= 11 is 0. The molecule has 96 valence electrons. The molecular weight excluding hydrogens is 235 g/mol. The molecule has 0 saturated carbocycles. The van der Waals surface area contributed by atoms with Gasteiger partial charge in [-0.05, 0) is 0 Å². The van der Waals surface area contributed by atoms with Crippen molar-refractivity contribution in [3.63, 3.8) is 0 Å². The maximum absolute atomic E-state index is 10.9. The molecule has 3 heterocycles. The van der Waals surface area contributed by atoms with E-state index in [9.17, 15) is 9.90 Å². The predicted molar refractivity (Wildman–Crippen MR) is 51.8 cm³/mol. The number of carboxylic acid groups (broad SMARTS) is 1. The Morgan fingerprint density at radius 2 is 2.11 bits per heavy atom. The molecule has 0 unspecified atom stereocenters. The number of ether oxygens (including phenoxy) is 4. The van der Waals surface area contributed by atoms with Crippen LogP contribution in [-0.4, -0.2) is 49.9 Å². The fourth-order valence-electron chi connectivity index (χ4n) is 2.18. The molecule has 2 bridgehead atoms. The van der Waals surface area contributed by atoms with Gasteiger partial charge in [0.05, 0.1) is 13.2 Å². The van der Waals surface area contributed by atoms with Crippen molar-refractivity contribution in [3.8, 4) is 0 Å². The number of fused-ring (bicyclic) bond motifs is 4. The van der Waals surface area contributed by atoms with Gasteiger partial charge >= 0.3 is 18.9 Å². The molecule has 5 atom stereocenters. The van der Waals surface area contributed by atoms with E-state index >= 15 is 0 Å². The van der Waals surface area contributed by atoms with Gasteiger partial charge in [-0.2, -0.15) is 0 Å². The third kappa shape index (κ3) is 2.34. The zero-order valence-electron chi connectivity index (χ0n) is 10.8. The average molecular weight is 250 g/mol. The molecule has 0 N–H and O–H groups in total. The normalized spacial score (nSPS) is 40.9. The Balaban J connectivity index is 0.00000120. The van der Waals surface area contributed by atoms with E-state index in [-0.39, 0.29) is 49.9 Å². The van der Waals surface area contributed by atoms with Gasteiger partial charge in [0, 0.05) is 11.4 Å². The number of carbonyl (C=O) groups excluding carboxylic acids is 1. The van der Waals surface area contributed by atoms with E-state index in [0.29, 0.717) is 6.61 Å². The first-order chi connectivity index (χ1) is 7.99. The molecule has 0 radical (unpaired) electrons. The third-order valence-corrected chi connectivity index (χ3v) is 3.44. The summed E-state index contributed by atoms with van der Waals surface area (Å²) in [7, 11) is 0. The van der Waals surface area contributed by atoms with Gasteiger partial charge in [0.25, 0.3) is 0 Å². The van der Waals surface area contributed by atoms with Crippen molar-refractivity contribution in [1.82, 2.24) is 0 Å². The number of hydrogen-bond acceptors (Lipinski definition) is 6. The van der Waals surface area contributed by atoms with Crippen molar-refractivity contribution in [2.24, 2.45) is 5.41 Å². The summed E-state index contributed by atoms with van der Waals surface area (Å²) in [6.45, 7) is 3.71. The van der Waals surface area contributed by atoms with Crippen molar-refractivity contribution in [1.29, 1.82) is 0 Å². The summed E-state index contributed by atoms with van der Waals surface area (Å²) in [5.41, 5.74) is -1.03. The SMILES string of the molecule is CC(C)(CO[C@H]1[C@@H]2OC[C@@H](O2)[C@@H]2O[C@@H]21)C(=O)[O-].[Li+]. The van der Waals surface area contributed by atoms with Crippen LogP contribution in [0.15, 0.2) is 0 Å². The van der Waals surface area contributed by atoms with Gasteiger partial charge in [-0.3, -0.25) is 0 Å².